The van der Waals surface area contributed by atoms with Crippen molar-refractivity contribution < 1.29 is 14.7 Å². The van der Waals surface area contributed by atoms with Crippen LogP contribution in [-0.4, -0.2) is 17.0 Å². The summed E-state index contributed by atoms with van der Waals surface area (Å²) in [5, 5.41) is 11.8. The highest BCUT2D eigenvalue weighted by Crippen LogP contribution is 2.29. The van der Waals surface area contributed by atoms with Gasteiger partial charge in [0.25, 0.3) is 5.91 Å². The molecule has 6 nitrogen and oxygen atoms in total. The molecule has 0 saturated heterocycles. The number of fused-ring (bicyclic) bond motifs is 1. The van der Waals surface area contributed by atoms with Gasteiger partial charge in [-0.05, 0) is 34.5 Å². The van der Waals surface area contributed by atoms with Crippen LogP contribution in [0, 0.1) is 0 Å². The number of hydrogen-bond acceptors (Lipinski definition) is 4. The number of urea groups is 1. The monoisotopic (exact) mass is 335 g/mol. The first-order valence-corrected chi connectivity index (χ1v) is 7.66. The first-order valence-electron chi connectivity index (χ1n) is 7.66. The minimum absolute atomic E-state index is 0.00988. The summed E-state index contributed by atoms with van der Waals surface area (Å²) in [6, 6.07) is 16.1. The number of nitrogens with zero attached hydrogens (tertiary/aromatic N) is 1. The third-order valence-electron chi connectivity index (χ3n) is 3.97. The number of phenols is 1. The summed E-state index contributed by atoms with van der Waals surface area (Å²) in [7, 11) is 0. The molecule has 0 fully saturated rings. The number of amides is 3. The molecule has 0 aliphatic rings. The lowest BCUT2D eigenvalue weighted by Gasteiger charge is -2.22. The van der Waals surface area contributed by atoms with E-state index in [4.69, 9.17) is 11.5 Å². The molecule has 0 bridgehead atoms. The van der Waals surface area contributed by atoms with Crippen molar-refractivity contribution in [2.45, 2.75) is 6.54 Å². The Hall–Kier alpha value is -3.38. The summed E-state index contributed by atoms with van der Waals surface area (Å²) in [6.07, 6.45) is 0. The maximum atomic E-state index is 12.9. The van der Waals surface area contributed by atoms with Gasteiger partial charge in [0.15, 0.2) is 0 Å². The molecular weight excluding hydrogens is 318 g/mol. The highest BCUT2D eigenvalue weighted by atomic mass is 16.3. The zero-order chi connectivity index (χ0) is 18.0. The normalized spacial score (nSPS) is 10.6. The van der Waals surface area contributed by atoms with Crippen LogP contribution in [0.25, 0.3) is 10.8 Å². The van der Waals surface area contributed by atoms with Crippen molar-refractivity contribution in [1.82, 2.24) is 0 Å². The Bertz CT molecular complexity index is 969. The van der Waals surface area contributed by atoms with Gasteiger partial charge in [-0.2, -0.15) is 0 Å². The van der Waals surface area contributed by atoms with E-state index in [1.807, 2.05) is 24.3 Å². The van der Waals surface area contributed by atoms with Crippen molar-refractivity contribution >= 4 is 28.4 Å². The topological polar surface area (TPSA) is 110 Å². The lowest BCUT2D eigenvalue weighted by Crippen LogP contribution is -2.41. The summed E-state index contributed by atoms with van der Waals surface area (Å²) < 4.78 is 0. The van der Waals surface area contributed by atoms with Crippen LogP contribution >= 0.6 is 0 Å². The second-order valence-electron chi connectivity index (χ2n) is 5.53. The van der Waals surface area contributed by atoms with Crippen LogP contribution in [0.3, 0.4) is 0 Å². The first kappa shape index (κ1) is 16.5. The number of primary amides is 1. The number of aromatic hydroxyl groups is 1. The second kappa shape index (κ2) is 6.62. The molecule has 3 aromatic rings. The maximum Gasteiger partial charge on any atom is 0.326 e. The molecule has 126 valence electrons. The van der Waals surface area contributed by atoms with Crippen molar-refractivity contribution in [3.05, 3.63) is 71.8 Å². The van der Waals surface area contributed by atoms with Crippen LogP contribution in [0.1, 0.15) is 15.9 Å². The molecule has 3 amide bonds. The van der Waals surface area contributed by atoms with Crippen LogP contribution in [-0.2, 0) is 6.54 Å². The SMILES string of the molecule is NCc1ccccc1N(C(N)=O)C(=O)c1cc2ccccc2cc1O. The zero-order valence-corrected chi connectivity index (χ0v) is 13.3. The van der Waals surface area contributed by atoms with E-state index in [0.717, 1.165) is 15.7 Å². The van der Waals surface area contributed by atoms with E-state index in [2.05, 4.69) is 0 Å². The van der Waals surface area contributed by atoms with Crippen molar-refractivity contribution in [2.24, 2.45) is 11.5 Å². The molecule has 3 aromatic carbocycles. The molecule has 0 atom stereocenters. The fourth-order valence-corrected chi connectivity index (χ4v) is 2.75. The standard InChI is InChI=1S/C19H17N3O3/c20-11-14-7-3-4-8-16(14)22(19(21)25)18(24)15-9-12-5-1-2-6-13(12)10-17(15)23/h1-10,23H,11,20H2,(H2,21,25). The largest absolute Gasteiger partial charge is 0.507 e. The van der Waals surface area contributed by atoms with E-state index >= 15 is 0 Å². The molecule has 0 saturated carbocycles. The highest BCUT2D eigenvalue weighted by molar-refractivity contribution is 6.22. The summed E-state index contributed by atoms with van der Waals surface area (Å²) >= 11 is 0. The Morgan fingerprint density at radius 3 is 2.20 bits per heavy atom. The Morgan fingerprint density at radius 2 is 1.56 bits per heavy atom. The lowest BCUT2D eigenvalue weighted by atomic mass is 10.0. The molecule has 0 spiro atoms. The number of nitrogens with two attached hydrogens (primary N) is 2. The number of phenolic OH excluding ortho intramolecular Hbond substituents is 1. The lowest BCUT2D eigenvalue weighted by molar-refractivity contribution is 0.0992. The van der Waals surface area contributed by atoms with Crippen molar-refractivity contribution in [2.75, 3.05) is 4.90 Å². The molecule has 5 N–H and O–H groups in total. The van der Waals surface area contributed by atoms with Crippen molar-refractivity contribution in [1.29, 1.82) is 0 Å². The van der Waals surface area contributed by atoms with E-state index in [1.165, 1.54) is 12.1 Å². The average Bonchev–Trinajstić information content (AvgIpc) is 2.61. The van der Waals surface area contributed by atoms with Gasteiger partial charge in [0, 0.05) is 6.54 Å². The average molecular weight is 335 g/mol. The van der Waals surface area contributed by atoms with Crippen LogP contribution < -0.4 is 16.4 Å². The van der Waals surface area contributed by atoms with Gasteiger partial charge in [-0.1, -0.05) is 42.5 Å². The summed E-state index contributed by atoms with van der Waals surface area (Å²) in [4.78, 5) is 25.7. The van der Waals surface area contributed by atoms with Crippen LogP contribution in [0.2, 0.25) is 0 Å². The Morgan fingerprint density at radius 1 is 0.960 bits per heavy atom. The van der Waals surface area contributed by atoms with E-state index in [-0.39, 0.29) is 17.9 Å². The number of anilines is 1. The number of para-hydroxylation sites is 1. The number of imide groups is 1. The number of hydrogen-bond donors (Lipinski definition) is 3. The van der Waals surface area contributed by atoms with E-state index in [1.54, 1.807) is 24.3 Å². The van der Waals surface area contributed by atoms with Gasteiger partial charge in [-0.15, -0.1) is 0 Å². The van der Waals surface area contributed by atoms with E-state index in [0.29, 0.717) is 11.3 Å². The molecule has 0 heterocycles. The second-order valence-corrected chi connectivity index (χ2v) is 5.53. The fraction of sp³-hybridized carbons (Fsp3) is 0.0526. The predicted molar refractivity (Wildman–Crippen MR) is 96.3 cm³/mol. The molecular formula is C19H17N3O3. The van der Waals surface area contributed by atoms with Gasteiger partial charge in [0.1, 0.15) is 5.75 Å². The summed E-state index contributed by atoms with van der Waals surface area (Å²) in [5.41, 5.74) is 12.0. The number of carbonyl (C=O) groups is 2. The number of carbonyl (C=O) groups excluding carboxylic acids is 2. The summed E-state index contributed by atoms with van der Waals surface area (Å²) in [5.74, 6) is -0.933. The maximum absolute atomic E-state index is 12.9. The number of benzene rings is 3. The third-order valence-corrected chi connectivity index (χ3v) is 3.97. The quantitative estimate of drug-likeness (QED) is 0.683. The summed E-state index contributed by atoms with van der Waals surface area (Å²) in [6.45, 7) is 0.136. The van der Waals surface area contributed by atoms with E-state index < -0.39 is 11.9 Å². The molecule has 0 unspecified atom stereocenters. The van der Waals surface area contributed by atoms with Crippen LogP contribution in [0.5, 0.6) is 5.75 Å². The predicted octanol–water partition coefficient (Wildman–Crippen LogP) is 2.73. The van der Waals surface area contributed by atoms with Gasteiger partial charge in [-0.25, -0.2) is 9.69 Å². The Labute approximate surface area is 144 Å². The van der Waals surface area contributed by atoms with Gasteiger partial charge in [-0.3, -0.25) is 4.79 Å². The molecule has 0 radical (unpaired) electrons. The minimum atomic E-state index is -0.946. The Kier molecular flexibility index (Phi) is 4.36. The highest BCUT2D eigenvalue weighted by Gasteiger charge is 2.26. The zero-order valence-electron chi connectivity index (χ0n) is 13.3. The number of rotatable bonds is 3. The minimum Gasteiger partial charge on any atom is -0.507 e. The van der Waals surface area contributed by atoms with Gasteiger partial charge in [0.2, 0.25) is 0 Å². The van der Waals surface area contributed by atoms with Gasteiger partial charge >= 0.3 is 6.03 Å². The molecule has 6 heteroatoms. The van der Waals surface area contributed by atoms with Crippen LogP contribution in [0.15, 0.2) is 60.7 Å². The molecule has 3 rings (SSSR count). The molecule has 0 aliphatic heterocycles. The molecule has 0 aromatic heterocycles. The fourth-order valence-electron chi connectivity index (χ4n) is 2.75. The van der Waals surface area contributed by atoms with Gasteiger partial charge in [0.05, 0.1) is 11.3 Å². The van der Waals surface area contributed by atoms with Gasteiger partial charge < -0.3 is 16.6 Å². The first-order chi connectivity index (χ1) is 12.0. The van der Waals surface area contributed by atoms with Crippen molar-refractivity contribution in [3.63, 3.8) is 0 Å². The Balaban J connectivity index is 2.13. The van der Waals surface area contributed by atoms with Crippen LogP contribution in [0.4, 0.5) is 10.5 Å². The molecule has 0 aliphatic carbocycles. The smallest absolute Gasteiger partial charge is 0.326 e. The molecule has 25 heavy (non-hydrogen) atoms. The van der Waals surface area contributed by atoms with Crippen molar-refractivity contribution in [3.8, 4) is 5.75 Å². The van der Waals surface area contributed by atoms with E-state index in [9.17, 15) is 14.7 Å². The third kappa shape index (κ3) is 3.02.